The molecular formula is C25H32Cl3N3O4S. The van der Waals surface area contributed by atoms with Gasteiger partial charge in [-0.3, -0.25) is 13.9 Å². The van der Waals surface area contributed by atoms with E-state index in [1.807, 2.05) is 13.8 Å². The Hall–Kier alpha value is -2.00. The van der Waals surface area contributed by atoms with E-state index in [0.29, 0.717) is 26.3 Å². The molecule has 0 bridgehead atoms. The van der Waals surface area contributed by atoms with E-state index in [0.717, 1.165) is 12.7 Å². The first-order valence-electron chi connectivity index (χ1n) is 11.6. The van der Waals surface area contributed by atoms with Crippen LogP contribution in [0.2, 0.25) is 15.1 Å². The summed E-state index contributed by atoms with van der Waals surface area (Å²) < 4.78 is 26.0. The molecule has 0 spiro atoms. The Morgan fingerprint density at radius 3 is 2.19 bits per heavy atom. The fourth-order valence-corrected chi connectivity index (χ4v) is 5.20. The predicted molar refractivity (Wildman–Crippen MR) is 147 cm³/mol. The lowest BCUT2D eigenvalue weighted by atomic mass is 10.1. The summed E-state index contributed by atoms with van der Waals surface area (Å²) >= 11 is 18.7. The number of benzene rings is 2. The van der Waals surface area contributed by atoms with Crippen LogP contribution in [0.1, 0.15) is 45.6 Å². The number of carbonyl (C=O) groups is 2. The standard InChI is InChI=1S/C25H32Cl3N3O4S/c1-5-17(2)29-25(33)18(3)30(16-21-22(27)11-7-12-23(21)28)24(32)13-8-14-31(36(4,34)35)20-10-6-9-19(26)15-20/h6-7,9-12,15,17-18H,5,8,13-14,16H2,1-4H3,(H,29,33)/t17-,18+/m1/s1. The summed E-state index contributed by atoms with van der Waals surface area (Å²) in [6, 6.07) is 10.7. The van der Waals surface area contributed by atoms with Gasteiger partial charge in [-0.15, -0.1) is 0 Å². The van der Waals surface area contributed by atoms with Crippen LogP contribution in [-0.4, -0.2) is 50.0 Å². The zero-order valence-electron chi connectivity index (χ0n) is 20.8. The third kappa shape index (κ3) is 8.54. The lowest BCUT2D eigenvalue weighted by molar-refractivity contribution is -0.140. The van der Waals surface area contributed by atoms with Crippen molar-refractivity contribution in [3.8, 4) is 0 Å². The van der Waals surface area contributed by atoms with E-state index in [9.17, 15) is 18.0 Å². The predicted octanol–water partition coefficient (Wildman–Crippen LogP) is 5.53. The maximum absolute atomic E-state index is 13.4. The highest BCUT2D eigenvalue weighted by Gasteiger charge is 2.28. The zero-order valence-corrected chi connectivity index (χ0v) is 23.9. The monoisotopic (exact) mass is 575 g/mol. The Morgan fingerprint density at radius 1 is 1.03 bits per heavy atom. The number of hydrogen-bond donors (Lipinski definition) is 1. The second-order valence-corrected chi connectivity index (χ2v) is 11.8. The minimum Gasteiger partial charge on any atom is -0.352 e. The topological polar surface area (TPSA) is 86.8 Å². The number of nitrogens with one attached hydrogen (secondary N) is 1. The van der Waals surface area contributed by atoms with Crippen LogP contribution in [0.4, 0.5) is 5.69 Å². The van der Waals surface area contributed by atoms with Crippen molar-refractivity contribution < 1.29 is 18.0 Å². The minimum absolute atomic E-state index is 0.00953. The Kier molecular flexibility index (Phi) is 11.3. The van der Waals surface area contributed by atoms with Gasteiger partial charge in [0, 0.05) is 46.2 Å². The zero-order chi connectivity index (χ0) is 27.0. The summed E-state index contributed by atoms with van der Waals surface area (Å²) in [6.45, 7) is 5.59. The van der Waals surface area contributed by atoms with Crippen LogP contribution < -0.4 is 9.62 Å². The van der Waals surface area contributed by atoms with Crippen LogP contribution >= 0.6 is 34.8 Å². The van der Waals surface area contributed by atoms with E-state index in [1.165, 1.54) is 9.21 Å². The highest BCUT2D eigenvalue weighted by atomic mass is 35.5. The Morgan fingerprint density at radius 2 is 1.64 bits per heavy atom. The number of rotatable bonds is 12. The van der Waals surface area contributed by atoms with Gasteiger partial charge >= 0.3 is 0 Å². The van der Waals surface area contributed by atoms with E-state index in [1.54, 1.807) is 49.4 Å². The van der Waals surface area contributed by atoms with Gasteiger partial charge < -0.3 is 10.2 Å². The molecular weight excluding hydrogens is 545 g/mol. The lowest BCUT2D eigenvalue weighted by Gasteiger charge is -2.30. The summed E-state index contributed by atoms with van der Waals surface area (Å²) in [4.78, 5) is 27.7. The molecule has 0 saturated carbocycles. The molecule has 0 heterocycles. The molecule has 2 atom stereocenters. The molecule has 1 N–H and O–H groups in total. The quantitative estimate of drug-likeness (QED) is 0.360. The SMILES string of the molecule is CC[C@@H](C)NC(=O)[C@H](C)N(Cc1c(Cl)cccc1Cl)C(=O)CCCN(c1cccc(Cl)c1)S(C)(=O)=O. The molecule has 2 aromatic rings. The van der Waals surface area contributed by atoms with E-state index in [4.69, 9.17) is 34.8 Å². The van der Waals surface area contributed by atoms with Crippen molar-refractivity contribution in [2.24, 2.45) is 0 Å². The molecule has 0 fully saturated rings. The van der Waals surface area contributed by atoms with Gasteiger partial charge in [-0.2, -0.15) is 0 Å². The van der Waals surface area contributed by atoms with Crippen molar-refractivity contribution in [2.45, 2.75) is 58.7 Å². The first-order valence-corrected chi connectivity index (χ1v) is 14.6. The van der Waals surface area contributed by atoms with Gasteiger partial charge in [0.2, 0.25) is 21.8 Å². The molecule has 0 aromatic heterocycles. The van der Waals surface area contributed by atoms with Gasteiger partial charge in [0.15, 0.2) is 0 Å². The molecule has 0 radical (unpaired) electrons. The third-order valence-electron chi connectivity index (χ3n) is 5.81. The number of carbonyl (C=O) groups excluding carboxylic acids is 2. The number of hydrogen-bond acceptors (Lipinski definition) is 4. The van der Waals surface area contributed by atoms with Gasteiger partial charge in [-0.1, -0.05) is 53.9 Å². The fourth-order valence-electron chi connectivity index (χ4n) is 3.54. The van der Waals surface area contributed by atoms with Crippen molar-refractivity contribution >= 4 is 62.3 Å². The largest absolute Gasteiger partial charge is 0.352 e. The number of sulfonamides is 1. The molecule has 2 aromatic carbocycles. The molecule has 2 rings (SSSR count). The van der Waals surface area contributed by atoms with Gasteiger partial charge in [-0.25, -0.2) is 8.42 Å². The first kappa shape index (κ1) is 30.2. The van der Waals surface area contributed by atoms with E-state index < -0.39 is 16.1 Å². The molecule has 198 valence electrons. The molecule has 0 saturated heterocycles. The third-order valence-corrected chi connectivity index (χ3v) is 7.94. The van der Waals surface area contributed by atoms with Crippen molar-refractivity contribution in [3.05, 3.63) is 63.1 Å². The summed E-state index contributed by atoms with van der Waals surface area (Å²) in [5.74, 6) is -0.616. The Bertz CT molecular complexity index is 1160. The summed E-state index contributed by atoms with van der Waals surface area (Å²) in [7, 11) is -3.61. The average molecular weight is 577 g/mol. The summed E-state index contributed by atoms with van der Waals surface area (Å²) in [5.41, 5.74) is 0.951. The smallest absolute Gasteiger partial charge is 0.242 e. The van der Waals surface area contributed by atoms with E-state index in [2.05, 4.69) is 5.32 Å². The van der Waals surface area contributed by atoms with Gasteiger partial charge in [0.25, 0.3) is 0 Å². The van der Waals surface area contributed by atoms with Crippen molar-refractivity contribution in [3.63, 3.8) is 0 Å². The Labute approximate surface area is 228 Å². The molecule has 0 aliphatic carbocycles. The van der Waals surface area contributed by atoms with E-state index >= 15 is 0 Å². The van der Waals surface area contributed by atoms with Gasteiger partial charge in [0.1, 0.15) is 6.04 Å². The minimum atomic E-state index is -3.61. The molecule has 7 nitrogen and oxygen atoms in total. The second-order valence-electron chi connectivity index (χ2n) is 8.63. The lowest BCUT2D eigenvalue weighted by Crippen LogP contribution is -2.49. The molecule has 0 unspecified atom stereocenters. The summed E-state index contributed by atoms with van der Waals surface area (Å²) in [5, 5.41) is 4.08. The normalized spacial score (nSPS) is 13.1. The first-order chi connectivity index (χ1) is 16.8. The number of halogens is 3. The maximum Gasteiger partial charge on any atom is 0.242 e. The highest BCUT2D eigenvalue weighted by molar-refractivity contribution is 7.92. The van der Waals surface area contributed by atoms with Crippen molar-refractivity contribution in [1.82, 2.24) is 10.2 Å². The molecule has 36 heavy (non-hydrogen) atoms. The van der Waals surface area contributed by atoms with Crippen molar-refractivity contribution in [1.29, 1.82) is 0 Å². The van der Waals surface area contributed by atoms with Crippen LogP contribution in [0.3, 0.4) is 0 Å². The Balaban J connectivity index is 2.23. The molecule has 0 aliphatic rings. The number of nitrogens with zero attached hydrogens (tertiary/aromatic N) is 2. The molecule has 11 heteroatoms. The second kappa shape index (κ2) is 13.5. The molecule has 0 aliphatic heterocycles. The molecule has 2 amide bonds. The van der Waals surface area contributed by atoms with Gasteiger partial charge in [0.05, 0.1) is 11.9 Å². The number of amides is 2. The fraction of sp³-hybridized carbons (Fsp3) is 0.440. The van der Waals surface area contributed by atoms with Crippen LogP contribution in [0.25, 0.3) is 0 Å². The maximum atomic E-state index is 13.4. The van der Waals surface area contributed by atoms with Crippen LogP contribution in [0, 0.1) is 0 Å². The highest BCUT2D eigenvalue weighted by Crippen LogP contribution is 2.27. The number of anilines is 1. The summed E-state index contributed by atoms with van der Waals surface area (Å²) in [6.07, 6.45) is 2.08. The van der Waals surface area contributed by atoms with Crippen LogP contribution in [0.5, 0.6) is 0 Å². The van der Waals surface area contributed by atoms with E-state index in [-0.39, 0.29) is 43.8 Å². The van der Waals surface area contributed by atoms with Crippen LogP contribution in [-0.2, 0) is 26.2 Å². The van der Waals surface area contributed by atoms with Crippen LogP contribution in [0.15, 0.2) is 42.5 Å². The average Bonchev–Trinajstić information content (AvgIpc) is 2.80. The van der Waals surface area contributed by atoms with Crippen molar-refractivity contribution in [2.75, 3.05) is 17.1 Å². The van der Waals surface area contributed by atoms with Gasteiger partial charge in [-0.05, 0) is 57.0 Å².